The van der Waals surface area contributed by atoms with Crippen molar-refractivity contribution in [1.29, 1.82) is 0 Å². The van der Waals surface area contributed by atoms with Gasteiger partial charge in [0, 0.05) is 13.1 Å². The number of nitrogens with one attached hydrogen (secondary N) is 1. The van der Waals surface area contributed by atoms with Crippen LogP contribution >= 0.6 is 11.6 Å². The minimum atomic E-state index is -3.07. The molecule has 2 rings (SSSR count). The average molecular weight is 319 g/mol. The van der Waals surface area contributed by atoms with Crippen LogP contribution in [0.1, 0.15) is 16.9 Å². The molecule has 1 amide bonds. The number of anilines is 1. The van der Waals surface area contributed by atoms with Gasteiger partial charge in [-0.3, -0.25) is 4.79 Å². The molecule has 3 N–H and O–H groups in total. The van der Waals surface area contributed by atoms with E-state index in [0.29, 0.717) is 18.8 Å². The maximum absolute atomic E-state index is 12.4. The predicted octanol–water partition coefficient (Wildman–Crippen LogP) is 0.281. The first kappa shape index (κ1) is 15.0. The Balaban J connectivity index is 2.23. The van der Waals surface area contributed by atoms with Crippen LogP contribution in [-0.4, -0.2) is 48.8 Å². The highest BCUT2D eigenvalue weighted by molar-refractivity contribution is 7.91. The summed E-state index contributed by atoms with van der Waals surface area (Å²) in [7, 11) is -3.07. The van der Waals surface area contributed by atoms with Crippen LogP contribution in [0.4, 0.5) is 5.82 Å². The molecular weight excluding hydrogens is 304 g/mol. The number of sulfone groups is 1. The van der Waals surface area contributed by atoms with Gasteiger partial charge in [-0.05, 0) is 18.6 Å². The van der Waals surface area contributed by atoms with E-state index >= 15 is 0 Å². The Morgan fingerprint density at radius 2 is 2.10 bits per heavy atom. The third-order valence-corrected chi connectivity index (χ3v) is 5.06. The van der Waals surface area contributed by atoms with Crippen molar-refractivity contribution in [3.05, 3.63) is 22.8 Å². The van der Waals surface area contributed by atoms with Gasteiger partial charge in [0.25, 0.3) is 5.91 Å². The zero-order valence-electron chi connectivity index (χ0n) is 10.7. The summed E-state index contributed by atoms with van der Waals surface area (Å²) in [6, 6.07) is 3.07. The lowest BCUT2D eigenvalue weighted by Crippen LogP contribution is -2.34. The number of rotatable bonds is 2. The molecule has 0 saturated carbocycles. The van der Waals surface area contributed by atoms with Crippen molar-refractivity contribution in [2.24, 2.45) is 5.84 Å². The molecule has 1 saturated heterocycles. The van der Waals surface area contributed by atoms with Crippen LogP contribution < -0.4 is 11.3 Å². The summed E-state index contributed by atoms with van der Waals surface area (Å²) in [5.41, 5.74) is 2.41. The number of carbonyl (C=O) groups excluding carboxylic acids is 1. The van der Waals surface area contributed by atoms with Gasteiger partial charge in [-0.15, -0.1) is 0 Å². The van der Waals surface area contributed by atoms with E-state index in [0.717, 1.165) is 0 Å². The van der Waals surface area contributed by atoms with Crippen LogP contribution in [0.3, 0.4) is 0 Å². The van der Waals surface area contributed by atoms with Crippen molar-refractivity contribution in [3.63, 3.8) is 0 Å². The Hall–Kier alpha value is -1.38. The first-order chi connectivity index (χ1) is 9.43. The quantitative estimate of drug-likeness (QED) is 0.599. The molecule has 1 aromatic rings. The predicted molar refractivity (Wildman–Crippen MR) is 76.2 cm³/mol. The molecule has 0 aliphatic carbocycles. The summed E-state index contributed by atoms with van der Waals surface area (Å²) in [5, 5.41) is 0.209. The fourth-order valence-corrected chi connectivity index (χ4v) is 3.42. The largest absolute Gasteiger partial charge is 0.336 e. The summed E-state index contributed by atoms with van der Waals surface area (Å²) >= 11 is 5.97. The molecule has 0 unspecified atom stereocenters. The SMILES string of the molecule is NNc1ccc(Cl)c(C(=O)N2CCCS(=O)(=O)CC2)n1. The van der Waals surface area contributed by atoms with E-state index in [1.165, 1.54) is 11.0 Å². The topological polar surface area (TPSA) is 105 Å². The lowest BCUT2D eigenvalue weighted by Gasteiger charge is -2.20. The van der Waals surface area contributed by atoms with E-state index in [1.54, 1.807) is 6.07 Å². The highest BCUT2D eigenvalue weighted by Crippen LogP contribution is 2.19. The van der Waals surface area contributed by atoms with Crippen molar-refractivity contribution in [2.45, 2.75) is 6.42 Å². The minimum absolute atomic E-state index is 0.0365. The summed E-state index contributed by atoms with van der Waals surface area (Å²) < 4.78 is 23.1. The number of nitrogen functional groups attached to an aromatic ring is 1. The molecule has 1 aliphatic heterocycles. The number of hydrogen-bond donors (Lipinski definition) is 2. The van der Waals surface area contributed by atoms with E-state index in [-0.39, 0.29) is 34.7 Å². The number of hydrogen-bond acceptors (Lipinski definition) is 6. The van der Waals surface area contributed by atoms with Crippen molar-refractivity contribution in [1.82, 2.24) is 9.88 Å². The number of halogens is 1. The molecule has 20 heavy (non-hydrogen) atoms. The van der Waals surface area contributed by atoms with E-state index in [2.05, 4.69) is 10.4 Å². The molecule has 0 spiro atoms. The number of nitrogens with two attached hydrogens (primary N) is 1. The Morgan fingerprint density at radius 1 is 1.35 bits per heavy atom. The van der Waals surface area contributed by atoms with Crippen LogP contribution in [0.15, 0.2) is 12.1 Å². The zero-order valence-corrected chi connectivity index (χ0v) is 12.2. The second-order valence-corrected chi connectivity index (χ2v) is 7.18. The van der Waals surface area contributed by atoms with Crippen LogP contribution in [-0.2, 0) is 9.84 Å². The molecule has 110 valence electrons. The van der Waals surface area contributed by atoms with Crippen LogP contribution in [0.25, 0.3) is 0 Å². The molecule has 0 atom stereocenters. The summed E-state index contributed by atoms with van der Waals surface area (Å²) in [6.07, 6.45) is 0.417. The third-order valence-electron chi connectivity index (χ3n) is 3.04. The van der Waals surface area contributed by atoms with Gasteiger partial charge in [-0.1, -0.05) is 11.6 Å². The molecule has 9 heteroatoms. The molecule has 7 nitrogen and oxygen atoms in total. The second-order valence-electron chi connectivity index (χ2n) is 4.47. The van der Waals surface area contributed by atoms with Gasteiger partial charge in [0.05, 0.1) is 16.5 Å². The molecule has 1 fully saturated rings. The van der Waals surface area contributed by atoms with Crippen LogP contribution in [0.2, 0.25) is 5.02 Å². The van der Waals surface area contributed by atoms with Crippen LogP contribution in [0.5, 0.6) is 0 Å². The van der Waals surface area contributed by atoms with Gasteiger partial charge < -0.3 is 10.3 Å². The van der Waals surface area contributed by atoms with Gasteiger partial charge >= 0.3 is 0 Å². The normalized spacial score (nSPS) is 18.4. The van der Waals surface area contributed by atoms with E-state index in [9.17, 15) is 13.2 Å². The van der Waals surface area contributed by atoms with E-state index in [1.807, 2.05) is 0 Å². The molecular formula is C11H15ClN4O3S. The number of carbonyl (C=O) groups is 1. The average Bonchev–Trinajstić information content (AvgIpc) is 2.59. The minimum Gasteiger partial charge on any atom is -0.336 e. The van der Waals surface area contributed by atoms with Gasteiger partial charge in [0.1, 0.15) is 11.5 Å². The standard InChI is InChI=1S/C11H15ClN4O3S/c12-8-2-3-9(15-13)14-10(8)11(17)16-4-1-6-20(18,19)7-5-16/h2-3H,1,4-7,13H2,(H,14,15). The molecule has 1 aromatic heterocycles. The molecule has 0 bridgehead atoms. The zero-order chi connectivity index (χ0) is 14.8. The Bertz CT molecular complexity index is 620. The first-order valence-electron chi connectivity index (χ1n) is 6.06. The fraction of sp³-hybridized carbons (Fsp3) is 0.455. The maximum Gasteiger partial charge on any atom is 0.274 e. The fourth-order valence-electron chi connectivity index (χ4n) is 1.96. The van der Waals surface area contributed by atoms with E-state index in [4.69, 9.17) is 17.4 Å². The smallest absolute Gasteiger partial charge is 0.274 e. The monoisotopic (exact) mass is 318 g/mol. The lowest BCUT2D eigenvalue weighted by atomic mass is 10.3. The number of hydrazine groups is 1. The number of pyridine rings is 1. The van der Waals surface area contributed by atoms with Crippen molar-refractivity contribution >= 4 is 33.2 Å². The van der Waals surface area contributed by atoms with Crippen molar-refractivity contribution < 1.29 is 13.2 Å². The molecule has 0 aromatic carbocycles. The molecule has 0 radical (unpaired) electrons. The van der Waals surface area contributed by atoms with Gasteiger partial charge in [-0.2, -0.15) is 0 Å². The van der Waals surface area contributed by atoms with Gasteiger partial charge in [-0.25, -0.2) is 19.2 Å². The van der Waals surface area contributed by atoms with Crippen LogP contribution in [0, 0.1) is 0 Å². The Morgan fingerprint density at radius 3 is 2.80 bits per heavy atom. The summed E-state index contributed by atoms with van der Waals surface area (Å²) in [6.45, 7) is 0.524. The molecule has 1 aliphatic rings. The molecule has 2 heterocycles. The highest BCUT2D eigenvalue weighted by Gasteiger charge is 2.25. The van der Waals surface area contributed by atoms with Gasteiger partial charge in [0.15, 0.2) is 9.84 Å². The third kappa shape index (κ3) is 3.38. The van der Waals surface area contributed by atoms with E-state index < -0.39 is 9.84 Å². The number of nitrogens with zero attached hydrogens (tertiary/aromatic N) is 2. The number of aromatic nitrogens is 1. The maximum atomic E-state index is 12.4. The second kappa shape index (κ2) is 5.94. The van der Waals surface area contributed by atoms with Crippen molar-refractivity contribution in [3.8, 4) is 0 Å². The first-order valence-corrected chi connectivity index (χ1v) is 8.26. The Labute approximate surface area is 122 Å². The summed E-state index contributed by atoms with van der Waals surface area (Å²) in [4.78, 5) is 17.8. The van der Waals surface area contributed by atoms with Crippen molar-refractivity contribution in [2.75, 3.05) is 30.0 Å². The highest BCUT2D eigenvalue weighted by atomic mass is 35.5. The summed E-state index contributed by atoms with van der Waals surface area (Å²) in [5.74, 6) is 5.25. The van der Waals surface area contributed by atoms with Gasteiger partial charge in [0.2, 0.25) is 0 Å². The lowest BCUT2D eigenvalue weighted by molar-refractivity contribution is 0.0763. The number of amides is 1. The Kier molecular flexibility index (Phi) is 4.46.